The van der Waals surface area contributed by atoms with Gasteiger partial charge in [-0.1, -0.05) is 12.1 Å². The van der Waals surface area contributed by atoms with Crippen LogP contribution in [0.1, 0.15) is 0 Å². The summed E-state index contributed by atoms with van der Waals surface area (Å²) in [5.41, 5.74) is 4.87. The van der Waals surface area contributed by atoms with Crippen LogP contribution in [0.2, 0.25) is 0 Å². The van der Waals surface area contributed by atoms with Crippen molar-refractivity contribution in [3.8, 4) is 0 Å². The molecule has 0 aliphatic carbocycles. The molecular weight excluding hydrogens is 304 g/mol. The summed E-state index contributed by atoms with van der Waals surface area (Å²) in [7, 11) is 4.22. The third-order valence-electron chi connectivity index (χ3n) is 4.15. The van der Waals surface area contributed by atoms with E-state index in [1.54, 1.807) is 12.1 Å². The van der Waals surface area contributed by atoms with Crippen LogP contribution in [-0.2, 0) is 6.54 Å². The molecule has 23 heavy (non-hydrogen) atoms. The van der Waals surface area contributed by atoms with Crippen LogP contribution in [-0.4, -0.2) is 30.1 Å². The number of anilines is 3. The number of rotatable bonds is 4. The van der Waals surface area contributed by atoms with E-state index < -0.39 is 0 Å². The van der Waals surface area contributed by atoms with Gasteiger partial charge in [-0.05, 0) is 50.5 Å². The molecule has 0 saturated carbocycles. The summed E-state index contributed by atoms with van der Waals surface area (Å²) in [6.07, 6.45) is 2.18. The highest BCUT2D eigenvalue weighted by molar-refractivity contribution is 8.02. The molecule has 1 aliphatic rings. The fourth-order valence-electron chi connectivity index (χ4n) is 2.89. The zero-order valence-corrected chi connectivity index (χ0v) is 14.2. The third kappa shape index (κ3) is 2.66. The summed E-state index contributed by atoms with van der Waals surface area (Å²) < 4.78 is 7.93. The van der Waals surface area contributed by atoms with Crippen LogP contribution in [0.25, 0.3) is 10.9 Å². The summed E-state index contributed by atoms with van der Waals surface area (Å²) in [5.74, 6) is 0. The second-order valence-electron chi connectivity index (χ2n) is 6.06. The standard InChI is InChI=1S/C18H20N4S/c1-20(2)11-12-21-10-9-14-13-15(7-8-17(14)21)22-18-6-4-3-5-16(18)19-23-22/h3-10,13,19H,11-12H2,1-2H3. The summed E-state index contributed by atoms with van der Waals surface area (Å²) >= 11 is 1.62. The zero-order valence-electron chi connectivity index (χ0n) is 13.4. The van der Waals surface area contributed by atoms with Crippen molar-refractivity contribution in [2.45, 2.75) is 6.54 Å². The maximum Gasteiger partial charge on any atom is 0.0782 e. The van der Waals surface area contributed by atoms with Gasteiger partial charge < -0.3 is 14.2 Å². The van der Waals surface area contributed by atoms with E-state index >= 15 is 0 Å². The van der Waals surface area contributed by atoms with Crippen LogP contribution in [0, 0.1) is 0 Å². The van der Waals surface area contributed by atoms with Gasteiger partial charge in [0, 0.05) is 30.2 Å². The molecular formula is C18H20N4S. The molecule has 2 aromatic carbocycles. The zero-order chi connectivity index (χ0) is 15.8. The van der Waals surface area contributed by atoms with Gasteiger partial charge in [-0.25, -0.2) is 0 Å². The smallest absolute Gasteiger partial charge is 0.0782 e. The molecule has 1 N–H and O–H groups in total. The molecule has 3 aromatic rings. The van der Waals surface area contributed by atoms with E-state index in [0.29, 0.717) is 0 Å². The van der Waals surface area contributed by atoms with Gasteiger partial charge in [0.05, 0.1) is 29.2 Å². The van der Waals surface area contributed by atoms with Crippen molar-refractivity contribution < 1.29 is 0 Å². The molecule has 5 heteroatoms. The second-order valence-corrected chi connectivity index (χ2v) is 6.81. The highest BCUT2D eigenvalue weighted by atomic mass is 32.2. The molecule has 118 valence electrons. The Morgan fingerprint density at radius 1 is 1.09 bits per heavy atom. The van der Waals surface area contributed by atoms with Crippen LogP contribution < -0.4 is 9.03 Å². The fraction of sp³-hybridized carbons (Fsp3) is 0.222. The molecule has 0 amide bonds. The van der Waals surface area contributed by atoms with Gasteiger partial charge >= 0.3 is 0 Å². The van der Waals surface area contributed by atoms with E-state index in [1.807, 2.05) is 0 Å². The van der Waals surface area contributed by atoms with Crippen molar-refractivity contribution in [3.63, 3.8) is 0 Å². The number of nitrogens with one attached hydrogen (secondary N) is 1. The SMILES string of the molecule is CN(C)CCn1ccc2cc(N3SNc4ccccc43)ccc21. The topological polar surface area (TPSA) is 23.4 Å². The molecule has 0 atom stereocenters. The van der Waals surface area contributed by atoms with E-state index in [1.165, 1.54) is 28.0 Å². The number of benzene rings is 2. The number of likely N-dealkylation sites (N-methyl/N-ethyl adjacent to an activating group) is 1. The first-order valence-electron chi connectivity index (χ1n) is 7.78. The number of fused-ring (bicyclic) bond motifs is 2. The average Bonchev–Trinajstić information content (AvgIpc) is 3.16. The van der Waals surface area contributed by atoms with E-state index in [2.05, 4.69) is 87.3 Å². The minimum absolute atomic E-state index is 1.01. The largest absolute Gasteiger partial charge is 0.346 e. The maximum atomic E-state index is 3.37. The van der Waals surface area contributed by atoms with E-state index in [4.69, 9.17) is 0 Å². The maximum absolute atomic E-state index is 3.37. The normalized spacial score (nSPS) is 13.6. The third-order valence-corrected chi connectivity index (χ3v) is 5.05. The van der Waals surface area contributed by atoms with Gasteiger partial charge in [-0.2, -0.15) is 0 Å². The Morgan fingerprint density at radius 3 is 2.83 bits per heavy atom. The highest BCUT2D eigenvalue weighted by Crippen LogP contribution is 2.44. The number of para-hydroxylation sites is 2. The molecule has 4 nitrogen and oxygen atoms in total. The van der Waals surface area contributed by atoms with Crippen LogP contribution in [0.15, 0.2) is 54.7 Å². The van der Waals surface area contributed by atoms with E-state index in [9.17, 15) is 0 Å². The molecule has 0 saturated heterocycles. The summed E-state index contributed by atoms with van der Waals surface area (Å²) in [6.45, 7) is 2.06. The predicted octanol–water partition coefficient (Wildman–Crippen LogP) is 4.33. The second kappa shape index (κ2) is 5.83. The fourth-order valence-corrected chi connectivity index (χ4v) is 3.73. The Kier molecular flexibility index (Phi) is 3.67. The minimum atomic E-state index is 1.01. The van der Waals surface area contributed by atoms with Crippen molar-refractivity contribution in [3.05, 3.63) is 54.7 Å². The van der Waals surface area contributed by atoms with Crippen LogP contribution >= 0.6 is 12.1 Å². The van der Waals surface area contributed by atoms with Gasteiger partial charge in [0.15, 0.2) is 0 Å². The number of aromatic nitrogens is 1. The first kappa shape index (κ1) is 14.5. The molecule has 4 rings (SSSR count). The molecule has 0 radical (unpaired) electrons. The Hall–Kier alpha value is -2.11. The van der Waals surface area contributed by atoms with Gasteiger partial charge in [0.2, 0.25) is 0 Å². The average molecular weight is 324 g/mol. The van der Waals surface area contributed by atoms with Gasteiger partial charge in [-0.3, -0.25) is 4.31 Å². The van der Waals surface area contributed by atoms with Gasteiger partial charge in [-0.15, -0.1) is 0 Å². The molecule has 0 unspecified atom stereocenters. The van der Waals surface area contributed by atoms with Crippen molar-refractivity contribution in [2.24, 2.45) is 0 Å². The predicted molar refractivity (Wildman–Crippen MR) is 100 cm³/mol. The molecule has 0 fully saturated rings. The minimum Gasteiger partial charge on any atom is -0.346 e. The van der Waals surface area contributed by atoms with Gasteiger partial charge in [0.1, 0.15) is 0 Å². The molecule has 2 heterocycles. The van der Waals surface area contributed by atoms with Gasteiger partial charge in [0.25, 0.3) is 0 Å². The highest BCUT2D eigenvalue weighted by Gasteiger charge is 2.21. The van der Waals surface area contributed by atoms with Crippen LogP contribution in [0.5, 0.6) is 0 Å². The van der Waals surface area contributed by atoms with Crippen molar-refractivity contribution >= 4 is 40.1 Å². The Morgan fingerprint density at radius 2 is 1.96 bits per heavy atom. The number of hydrogen-bond donors (Lipinski definition) is 1. The van der Waals surface area contributed by atoms with Crippen molar-refractivity contribution in [1.29, 1.82) is 0 Å². The Bertz CT molecular complexity index is 840. The number of hydrogen-bond acceptors (Lipinski definition) is 4. The van der Waals surface area contributed by atoms with E-state index in [0.717, 1.165) is 13.1 Å². The Labute approximate surface area is 141 Å². The van der Waals surface area contributed by atoms with Crippen molar-refractivity contribution in [1.82, 2.24) is 9.47 Å². The Balaban J connectivity index is 1.66. The molecule has 1 aliphatic heterocycles. The lowest BCUT2D eigenvalue weighted by atomic mass is 10.2. The molecule has 0 spiro atoms. The lowest BCUT2D eigenvalue weighted by Gasteiger charge is -2.16. The van der Waals surface area contributed by atoms with E-state index in [-0.39, 0.29) is 0 Å². The lowest BCUT2D eigenvalue weighted by molar-refractivity contribution is 0.387. The molecule has 0 bridgehead atoms. The lowest BCUT2D eigenvalue weighted by Crippen LogP contribution is -2.17. The summed E-state index contributed by atoms with van der Waals surface area (Å²) in [5, 5.41) is 1.28. The summed E-state index contributed by atoms with van der Waals surface area (Å²) in [4.78, 5) is 2.21. The monoisotopic (exact) mass is 324 g/mol. The first-order valence-corrected chi connectivity index (χ1v) is 8.55. The quantitative estimate of drug-likeness (QED) is 0.722. The summed E-state index contributed by atoms with van der Waals surface area (Å²) in [6, 6.07) is 17.3. The number of nitrogens with zero attached hydrogens (tertiary/aromatic N) is 3. The van der Waals surface area contributed by atoms with Crippen molar-refractivity contribution in [2.75, 3.05) is 29.7 Å². The van der Waals surface area contributed by atoms with Crippen LogP contribution in [0.3, 0.4) is 0 Å². The first-order chi connectivity index (χ1) is 11.2. The molecule has 1 aromatic heterocycles. The van der Waals surface area contributed by atoms with Crippen LogP contribution in [0.4, 0.5) is 17.1 Å².